The highest BCUT2D eigenvalue weighted by Crippen LogP contribution is 2.21. The van der Waals surface area contributed by atoms with Gasteiger partial charge in [0.05, 0.1) is 30.2 Å². The van der Waals surface area contributed by atoms with Crippen molar-refractivity contribution in [2.45, 2.75) is 4.90 Å². The van der Waals surface area contributed by atoms with Crippen molar-refractivity contribution in [3.05, 3.63) is 82.3 Å². The minimum Gasteiger partial charge on any atom is -0.484 e. The van der Waals surface area contributed by atoms with Crippen molar-refractivity contribution in [3.63, 3.8) is 0 Å². The Morgan fingerprint density at radius 3 is 1.89 bits per heavy atom. The van der Waals surface area contributed by atoms with Gasteiger partial charge in [-0.1, -0.05) is 15.9 Å². The third-order valence-electron chi connectivity index (χ3n) is 4.66. The summed E-state index contributed by atoms with van der Waals surface area (Å²) in [4.78, 5) is 36.1. The number of ether oxygens (including phenoxy) is 3. The molecule has 3 aromatic carbocycles. The van der Waals surface area contributed by atoms with Crippen LogP contribution in [0.15, 0.2) is 76.1 Å². The van der Waals surface area contributed by atoms with E-state index in [2.05, 4.69) is 35.4 Å². The molecule has 0 atom stereocenters. The maximum absolute atomic E-state index is 12.6. The van der Waals surface area contributed by atoms with Gasteiger partial charge in [0.15, 0.2) is 6.61 Å². The molecule has 0 heterocycles. The van der Waals surface area contributed by atoms with Crippen molar-refractivity contribution in [1.82, 2.24) is 0 Å². The van der Waals surface area contributed by atoms with Crippen LogP contribution in [0.25, 0.3) is 0 Å². The van der Waals surface area contributed by atoms with Gasteiger partial charge in [0, 0.05) is 15.8 Å². The molecule has 0 bridgehead atoms. The van der Waals surface area contributed by atoms with Crippen LogP contribution in [0, 0.1) is 0 Å². The van der Waals surface area contributed by atoms with E-state index in [9.17, 15) is 22.8 Å². The summed E-state index contributed by atoms with van der Waals surface area (Å²) in [5.74, 6) is -1.72. The molecule has 1 amide bonds. The lowest BCUT2D eigenvalue weighted by Crippen LogP contribution is -2.21. The van der Waals surface area contributed by atoms with Crippen LogP contribution >= 0.6 is 15.9 Å². The molecule has 3 aromatic rings. The molecule has 0 radical (unpaired) electrons. The van der Waals surface area contributed by atoms with Crippen LogP contribution in [-0.2, 0) is 24.3 Å². The lowest BCUT2D eigenvalue weighted by atomic mass is 10.1. The van der Waals surface area contributed by atoms with Crippen LogP contribution in [0.1, 0.15) is 20.7 Å². The molecule has 0 aromatic heterocycles. The first-order valence-electron chi connectivity index (χ1n) is 10.2. The maximum atomic E-state index is 12.6. The first kappa shape index (κ1) is 26.7. The fraction of sp³-hybridized carbons (Fsp3) is 0.125. The molecular weight excluding hydrogens is 556 g/mol. The summed E-state index contributed by atoms with van der Waals surface area (Å²) in [5.41, 5.74) is 0.657. The summed E-state index contributed by atoms with van der Waals surface area (Å²) in [5, 5.41) is 2.53. The first-order chi connectivity index (χ1) is 17.1. The van der Waals surface area contributed by atoms with Gasteiger partial charge in [-0.05, 0) is 66.7 Å². The van der Waals surface area contributed by atoms with E-state index >= 15 is 0 Å². The Balaban J connectivity index is 1.63. The van der Waals surface area contributed by atoms with Crippen molar-refractivity contribution < 1.29 is 37.0 Å². The van der Waals surface area contributed by atoms with Crippen molar-refractivity contribution in [2.75, 3.05) is 30.9 Å². The molecule has 0 aliphatic rings. The summed E-state index contributed by atoms with van der Waals surface area (Å²) in [7, 11) is -1.44. The molecule has 3 rings (SSSR count). The number of carbonyl (C=O) groups is 3. The van der Waals surface area contributed by atoms with Gasteiger partial charge in [-0.15, -0.1) is 0 Å². The number of carbonyl (C=O) groups excluding carboxylic acids is 3. The van der Waals surface area contributed by atoms with Crippen LogP contribution in [0.2, 0.25) is 0 Å². The third kappa shape index (κ3) is 7.06. The number of halogens is 1. The fourth-order valence-corrected chi connectivity index (χ4v) is 4.29. The Labute approximate surface area is 215 Å². The van der Waals surface area contributed by atoms with E-state index in [-0.39, 0.29) is 27.5 Å². The molecule has 0 saturated carbocycles. The summed E-state index contributed by atoms with van der Waals surface area (Å²) >= 11 is 3.29. The zero-order chi connectivity index (χ0) is 26.3. The van der Waals surface area contributed by atoms with Gasteiger partial charge in [-0.3, -0.25) is 9.52 Å². The highest BCUT2D eigenvalue weighted by atomic mass is 79.9. The second kappa shape index (κ2) is 11.7. The van der Waals surface area contributed by atoms with E-state index in [0.29, 0.717) is 5.69 Å². The molecule has 0 unspecified atom stereocenters. The molecule has 10 nitrogen and oxygen atoms in total. The Morgan fingerprint density at radius 2 is 1.36 bits per heavy atom. The Morgan fingerprint density at radius 1 is 0.806 bits per heavy atom. The van der Waals surface area contributed by atoms with Crippen LogP contribution < -0.4 is 14.8 Å². The molecule has 2 N–H and O–H groups in total. The van der Waals surface area contributed by atoms with Crippen molar-refractivity contribution in [2.24, 2.45) is 0 Å². The third-order valence-corrected chi connectivity index (χ3v) is 6.59. The first-order valence-corrected chi connectivity index (χ1v) is 12.5. The van der Waals surface area contributed by atoms with Gasteiger partial charge >= 0.3 is 11.9 Å². The lowest BCUT2D eigenvalue weighted by molar-refractivity contribution is -0.118. The monoisotopic (exact) mass is 576 g/mol. The number of hydrogen-bond donors (Lipinski definition) is 2. The number of amides is 1. The predicted molar refractivity (Wildman–Crippen MR) is 135 cm³/mol. The smallest absolute Gasteiger partial charge is 0.337 e. The van der Waals surface area contributed by atoms with Crippen molar-refractivity contribution in [1.29, 1.82) is 0 Å². The van der Waals surface area contributed by atoms with E-state index in [1.165, 1.54) is 56.7 Å². The molecule has 12 heteroatoms. The van der Waals surface area contributed by atoms with E-state index < -0.39 is 34.5 Å². The minimum atomic E-state index is -3.82. The van der Waals surface area contributed by atoms with Crippen molar-refractivity contribution >= 4 is 55.2 Å². The Hall–Kier alpha value is -3.90. The molecular formula is C24H21BrN2O8S. The number of anilines is 2. The number of nitrogens with one attached hydrogen (secondary N) is 2. The van der Waals surface area contributed by atoms with Crippen LogP contribution in [0.4, 0.5) is 11.4 Å². The van der Waals surface area contributed by atoms with Gasteiger partial charge in [0.25, 0.3) is 15.9 Å². The molecule has 0 aliphatic carbocycles. The number of sulfonamides is 1. The van der Waals surface area contributed by atoms with Crippen molar-refractivity contribution in [3.8, 4) is 5.75 Å². The van der Waals surface area contributed by atoms with Gasteiger partial charge in [0.2, 0.25) is 0 Å². The summed E-state index contributed by atoms with van der Waals surface area (Å²) < 4.78 is 43.2. The second-order valence-electron chi connectivity index (χ2n) is 7.20. The number of rotatable bonds is 9. The molecule has 188 valence electrons. The van der Waals surface area contributed by atoms with Crippen LogP contribution in [0.5, 0.6) is 5.75 Å². The van der Waals surface area contributed by atoms with Gasteiger partial charge in [-0.2, -0.15) is 0 Å². The lowest BCUT2D eigenvalue weighted by Gasteiger charge is -2.11. The quantitative estimate of drug-likeness (QED) is 0.366. The largest absolute Gasteiger partial charge is 0.484 e. The maximum Gasteiger partial charge on any atom is 0.337 e. The van der Waals surface area contributed by atoms with Gasteiger partial charge < -0.3 is 19.5 Å². The zero-order valence-electron chi connectivity index (χ0n) is 19.1. The highest BCUT2D eigenvalue weighted by molar-refractivity contribution is 9.10. The summed E-state index contributed by atoms with van der Waals surface area (Å²) in [6.45, 7) is -0.417. The molecule has 36 heavy (non-hydrogen) atoms. The standard InChI is InChI=1S/C24H21BrN2O8S/c1-33-23(29)15-11-16(24(30)34-2)13-19(12-15)26-22(28)14-35-20-7-9-21(10-8-20)36(31,32)27-18-5-3-17(25)4-6-18/h3-13,27H,14H2,1-2H3,(H,26,28). The average molecular weight is 577 g/mol. The highest BCUT2D eigenvalue weighted by Gasteiger charge is 2.16. The molecule has 0 spiro atoms. The van der Waals surface area contributed by atoms with E-state index in [0.717, 1.165) is 4.47 Å². The number of benzene rings is 3. The molecule has 0 saturated heterocycles. The number of hydrogen-bond acceptors (Lipinski definition) is 8. The van der Waals surface area contributed by atoms with Gasteiger partial charge in [-0.25, -0.2) is 18.0 Å². The van der Waals surface area contributed by atoms with E-state index in [1.54, 1.807) is 24.3 Å². The average Bonchev–Trinajstić information content (AvgIpc) is 2.87. The number of methoxy groups -OCH3 is 2. The summed E-state index contributed by atoms with van der Waals surface area (Å²) in [6.07, 6.45) is 0. The second-order valence-corrected chi connectivity index (χ2v) is 9.80. The fourth-order valence-electron chi connectivity index (χ4n) is 2.96. The number of esters is 2. The minimum absolute atomic E-state index is 0.0113. The van der Waals surface area contributed by atoms with Crippen LogP contribution in [-0.4, -0.2) is 47.1 Å². The topological polar surface area (TPSA) is 137 Å². The molecule has 0 fully saturated rings. The Kier molecular flexibility index (Phi) is 8.67. The Bertz CT molecular complexity index is 1340. The normalized spacial score (nSPS) is 10.8. The predicted octanol–water partition coefficient (Wildman–Crippen LogP) is 3.84. The molecule has 0 aliphatic heterocycles. The van der Waals surface area contributed by atoms with E-state index in [1.807, 2.05) is 0 Å². The van der Waals surface area contributed by atoms with E-state index in [4.69, 9.17) is 4.74 Å². The van der Waals surface area contributed by atoms with Crippen LogP contribution in [0.3, 0.4) is 0 Å². The zero-order valence-corrected chi connectivity index (χ0v) is 21.5. The van der Waals surface area contributed by atoms with Gasteiger partial charge in [0.1, 0.15) is 5.75 Å². The summed E-state index contributed by atoms with van der Waals surface area (Å²) in [6, 6.07) is 16.1. The SMILES string of the molecule is COC(=O)c1cc(NC(=O)COc2ccc(S(=O)(=O)Nc3ccc(Br)cc3)cc2)cc(C(=O)OC)c1.